The van der Waals surface area contributed by atoms with Gasteiger partial charge < -0.3 is 9.84 Å². The van der Waals surface area contributed by atoms with Crippen LogP contribution in [0.2, 0.25) is 0 Å². The fourth-order valence-electron chi connectivity index (χ4n) is 2.62. The molecule has 0 aliphatic carbocycles. The molecule has 0 saturated carbocycles. The molecule has 0 aliphatic heterocycles. The lowest BCUT2D eigenvalue weighted by atomic mass is 10.1. The highest BCUT2D eigenvalue weighted by molar-refractivity contribution is 8.00. The number of carboxylic acid groups (broad SMARTS) is 1. The Hall–Kier alpha value is -2.74. The molecule has 0 saturated heterocycles. The fourth-order valence-corrected chi connectivity index (χ4v) is 3.59. The summed E-state index contributed by atoms with van der Waals surface area (Å²) < 4.78 is 45.6. The van der Waals surface area contributed by atoms with Gasteiger partial charge in [0.2, 0.25) is 0 Å². The maximum Gasteiger partial charge on any atom is 0.417 e. The Kier molecular flexibility index (Phi) is 5.27. The standard InChI is InChI=1S/C19H14F3NO3S/c1-26-12-7-8-13-14(19(20,21)22)10-16(23-15(13)9-12)27-17(18(24)25)11-5-3-2-4-6-11/h2-10,17H,1H3,(H,24,25)/t17-/m1/s1. The van der Waals surface area contributed by atoms with Crippen molar-refractivity contribution in [2.24, 2.45) is 0 Å². The number of thioether (sulfide) groups is 1. The van der Waals surface area contributed by atoms with Crippen molar-refractivity contribution in [3.63, 3.8) is 0 Å². The molecule has 0 bridgehead atoms. The maximum atomic E-state index is 13.5. The monoisotopic (exact) mass is 393 g/mol. The summed E-state index contributed by atoms with van der Waals surface area (Å²) in [6.07, 6.45) is -4.60. The number of rotatable bonds is 5. The zero-order valence-electron chi connectivity index (χ0n) is 14.0. The van der Waals surface area contributed by atoms with E-state index < -0.39 is 23.0 Å². The molecule has 0 spiro atoms. The van der Waals surface area contributed by atoms with Crippen molar-refractivity contribution in [2.75, 3.05) is 7.11 Å². The molecule has 1 N–H and O–H groups in total. The second-order valence-electron chi connectivity index (χ2n) is 5.64. The smallest absolute Gasteiger partial charge is 0.417 e. The number of benzene rings is 2. The van der Waals surface area contributed by atoms with Crippen LogP contribution in [0.15, 0.2) is 59.6 Å². The fraction of sp³-hybridized carbons (Fsp3) is 0.158. The van der Waals surface area contributed by atoms with Gasteiger partial charge in [-0.2, -0.15) is 13.2 Å². The summed E-state index contributed by atoms with van der Waals surface area (Å²) in [6.45, 7) is 0. The van der Waals surface area contributed by atoms with Crippen LogP contribution in [0.4, 0.5) is 13.2 Å². The normalized spacial score (nSPS) is 12.7. The largest absolute Gasteiger partial charge is 0.497 e. The molecular weight excluding hydrogens is 379 g/mol. The second kappa shape index (κ2) is 7.48. The van der Waals surface area contributed by atoms with Gasteiger partial charge in [-0.3, -0.25) is 4.79 Å². The average Bonchev–Trinajstić information content (AvgIpc) is 2.64. The summed E-state index contributed by atoms with van der Waals surface area (Å²) in [6, 6.07) is 13.3. The minimum Gasteiger partial charge on any atom is -0.497 e. The van der Waals surface area contributed by atoms with Crippen LogP contribution in [0.25, 0.3) is 10.9 Å². The van der Waals surface area contributed by atoms with Crippen molar-refractivity contribution in [1.29, 1.82) is 0 Å². The predicted molar refractivity (Wildman–Crippen MR) is 96.0 cm³/mol. The zero-order valence-corrected chi connectivity index (χ0v) is 14.8. The van der Waals surface area contributed by atoms with E-state index in [0.29, 0.717) is 11.3 Å². The molecule has 3 aromatic rings. The summed E-state index contributed by atoms with van der Waals surface area (Å²) >= 11 is 0.757. The summed E-state index contributed by atoms with van der Waals surface area (Å²) in [5.41, 5.74) is -0.310. The molecule has 0 unspecified atom stereocenters. The van der Waals surface area contributed by atoms with E-state index in [2.05, 4.69) is 4.98 Å². The van der Waals surface area contributed by atoms with Crippen LogP contribution in [-0.4, -0.2) is 23.2 Å². The highest BCUT2D eigenvalue weighted by Gasteiger charge is 2.34. The number of pyridine rings is 1. The van der Waals surface area contributed by atoms with E-state index >= 15 is 0 Å². The number of aliphatic carboxylic acids is 1. The number of methoxy groups -OCH3 is 1. The third-order valence-corrected chi connectivity index (χ3v) is 5.02. The molecule has 0 fully saturated rings. The molecule has 4 nitrogen and oxygen atoms in total. The molecule has 2 aromatic carbocycles. The number of fused-ring (bicyclic) bond motifs is 1. The van der Waals surface area contributed by atoms with Crippen LogP contribution < -0.4 is 4.74 Å². The number of nitrogens with zero attached hydrogens (tertiary/aromatic N) is 1. The number of halogens is 3. The molecule has 27 heavy (non-hydrogen) atoms. The molecule has 1 atom stereocenters. The van der Waals surface area contributed by atoms with Crippen LogP contribution in [-0.2, 0) is 11.0 Å². The van der Waals surface area contributed by atoms with Gasteiger partial charge in [0.05, 0.1) is 23.2 Å². The van der Waals surface area contributed by atoms with E-state index in [1.165, 1.54) is 25.3 Å². The molecular formula is C19H14F3NO3S. The predicted octanol–water partition coefficient (Wildman–Crippen LogP) is 5.18. The molecule has 3 rings (SSSR count). The molecule has 0 amide bonds. The number of ether oxygens (including phenoxy) is 1. The lowest BCUT2D eigenvalue weighted by Crippen LogP contribution is -2.10. The third-order valence-electron chi connectivity index (χ3n) is 3.86. The van der Waals surface area contributed by atoms with Gasteiger partial charge in [0.15, 0.2) is 0 Å². The molecule has 1 aromatic heterocycles. The maximum absolute atomic E-state index is 13.5. The van der Waals surface area contributed by atoms with Gasteiger partial charge in [-0.25, -0.2) is 4.98 Å². The first-order chi connectivity index (χ1) is 12.8. The number of hydrogen-bond acceptors (Lipinski definition) is 4. The quantitative estimate of drug-likeness (QED) is 0.605. The molecule has 140 valence electrons. The average molecular weight is 393 g/mol. The molecule has 8 heteroatoms. The Morgan fingerprint density at radius 1 is 1.15 bits per heavy atom. The number of carbonyl (C=O) groups is 1. The van der Waals surface area contributed by atoms with E-state index in [9.17, 15) is 23.1 Å². The lowest BCUT2D eigenvalue weighted by Gasteiger charge is -2.16. The summed E-state index contributed by atoms with van der Waals surface area (Å²) in [4.78, 5) is 15.9. The minimum absolute atomic E-state index is 0.0284. The lowest BCUT2D eigenvalue weighted by molar-refractivity contribution is -0.137. The molecule has 1 heterocycles. The van der Waals surface area contributed by atoms with E-state index in [-0.39, 0.29) is 15.9 Å². The number of carboxylic acids is 1. The van der Waals surface area contributed by atoms with E-state index in [1.807, 2.05) is 0 Å². The Morgan fingerprint density at radius 2 is 1.85 bits per heavy atom. The van der Waals surface area contributed by atoms with E-state index in [1.54, 1.807) is 30.3 Å². The summed E-state index contributed by atoms with van der Waals surface area (Å²) in [5.74, 6) is -0.796. The van der Waals surface area contributed by atoms with Crippen LogP contribution in [0, 0.1) is 0 Å². The van der Waals surface area contributed by atoms with Crippen LogP contribution in [0.3, 0.4) is 0 Å². The number of alkyl halides is 3. The van der Waals surface area contributed by atoms with Crippen molar-refractivity contribution in [3.8, 4) is 5.75 Å². The number of hydrogen-bond donors (Lipinski definition) is 1. The SMILES string of the molecule is COc1ccc2c(C(F)(F)F)cc(S[C@@H](C(=O)O)c3ccccc3)nc2c1. The first kappa shape index (κ1) is 19.0. The van der Waals surface area contributed by atoms with Gasteiger partial charge in [-0.05, 0) is 23.8 Å². The van der Waals surface area contributed by atoms with Crippen molar-refractivity contribution in [2.45, 2.75) is 16.5 Å². The number of aromatic nitrogens is 1. The Balaban J connectivity index is 2.11. The minimum atomic E-state index is -4.60. The van der Waals surface area contributed by atoms with E-state index in [0.717, 1.165) is 17.8 Å². The van der Waals surface area contributed by atoms with Gasteiger partial charge in [-0.15, -0.1) is 0 Å². The first-order valence-electron chi connectivity index (χ1n) is 7.80. The third kappa shape index (κ3) is 4.16. The summed E-state index contributed by atoms with van der Waals surface area (Å²) in [7, 11) is 1.40. The summed E-state index contributed by atoms with van der Waals surface area (Å²) in [5, 5.41) is 8.34. The van der Waals surface area contributed by atoms with Crippen LogP contribution >= 0.6 is 11.8 Å². The Bertz CT molecular complexity index is 977. The molecule has 0 radical (unpaired) electrons. The van der Waals surface area contributed by atoms with Crippen molar-refractivity contribution in [1.82, 2.24) is 4.98 Å². The molecule has 0 aliphatic rings. The Labute approximate surface area is 157 Å². The van der Waals surface area contributed by atoms with Gasteiger partial charge >= 0.3 is 12.1 Å². The zero-order chi connectivity index (χ0) is 19.6. The van der Waals surface area contributed by atoms with Gasteiger partial charge in [0, 0.05) is 11.5 Å². The van der Waals surface area contributed by atoms with E-state index in [4.69, 9.17) is 4.74 Å². The first-order valence-corrected chi connectivity index (χ1v) is 8.68. The van der Waals surface area contributed by atoms with Crippen LogP contribution in [0.5, 0.6) is 5.75 Å². The second-order valence-corrected chi connectivity index (χ2v) is 6.76. The van der Waals surface area contributed by atoms with Crippen molar-refractivity contribution < 1.29 is 27.8 Å². The van der Waals surface area contributed by atoms with Crippen molar-refractivity contribution in [3.05, 3.63) is 65.7 Å². The Morgan fingerprint density at radius 3 is 2.44 bits per heavy atom. The van der Waals surface area contributed by atoms with Crippen LogP contribution in [0.1, 0.15) is 16.4 Å². The van der Waals surface area contributed by atoms with Crippen molar-refractivity contribution >= 4 is 28.6 Å². The van der Waals surface area contributed by atoms with Gasteiger partial charge in [0.25, 0.3) is 0 Å². The highest BCUT2D eigenvalue weighted by Crippen LogP contribution is 2.41. The topological polar surface area (TPSA) is 59.4 Å². The van der Waals surface area contributed by atoms with Gasteiger partial charge in [0.1, 0.15) is 11.0 Å². The van der Waals surface area contributed by atoms with Gasteiger partial charge in [-0.1, -0.05) is 42.1 Å². The highest BCUT2D eigenvalue weighted by atomic mass is 32.2.